The Morgan fingerprint density at radius 2 is 2.00 bits per heavy atom. The van der Waals surface area contributed by atoms with Crippen molar-refractivity contribution in [2.45, 2.75) is 33.2 Å². The Hall–Kier alpha value is -1.75. The van der Waals surface area contributed by atoms with E-state index >= 15 is 0 Å². The Labute approximate surface area is 119 Å². The Morgan fingerprint density at radius 3 is 2.70 bits per heavy atom. The van der Waals surface area contributed by atoms with Crippen LogP contribution in [0.2, 0.25) is 0 Å². The van der Waals surface area contributed by atoms with E-state index in [9.17, 15) is 4.79 Å². The number of nitrogens with one attached hydrogen (secondary N) is 1. The summed E-state index contributed by atoms with van der Waals surface area (Å²) >= 11 is 0. The monoisotopic (exact) mass is 276 g/mol. The molecule has 2 aromatic rings. The fraction of sp³-hybridized carbons (Fsp3) is 0.533. The molecule has 20 heavy (non-hydrogen) atoms. The standard InChI is InChI=1S/C15H24N4O/c1-3-18(4-2)9-5-6-10-19-14-8-7-12(16)11-13(14)17-15(19)20/h7-8,11H,3-6,9-10,16H2,1-2H3,(H,17,20). The lowest BCUT2D eigenvalue weighted by Gasteiger charge is -2.17. The first kappa shape index (κ1) is 14.7. The second-order valence-corrected chi connectivity index (χ2v) is 5.09. The van der Waals surface area contributed by atoms with Crippen LogP contribution in [0.3, 0.4) is 0 Å². The zero-order chi connectivity index (χ0) is 14.5. The van der Waals surface area contributed by atoms with E-state index in [1.807, 2.05) is 18.2 Å². The molecule has 5 heteroatoms. The number of rotatable bonds is 7. The fourth-order valence-corrected chi connectivity index (χ4v) is 2.55. The summed E-state index contributed by atoms with van der Waals surface area (Å²) in [7, 11) is 0. The van der Waals surface area contributed by atoms with Crippen molar-refractivity contribution in [3.63, 3.8) is 0 Å². The van der Waals surface area contributed by atoms with E-state index in [2.05, 4.69) is 23.7 Å². The molecule has 0 atom stereocenters. The number of imidazole rings is 1. The minimum absolute atomic E-state index is 0.0477. The lowest BCUT2D eigenvalue weighted by Crippen LogP contribution is -2.24. The molecule has 0 spiro atoms. The largest absolute Gasteiger partial charge is 0.399 e. The molecule has 0 unspecified atom stereocenters. The predicted molar refractivity (Wildman–Crippen MR) is 84.0 cm³/mol. The van der Waals surface area contributed by atoms with Crippen LogP contribution >= 0.6 is 0 Å². The van der Waals surface area contributed by atoms with Gasteiger partial charge in [-0.25, -0.2) is 4.79 Å². The van der Waals surface area contributed by atoms with Gasteiger partial charge in [-0.15, -0.1) is 0 Å². The molecular formula is C15H24N4O. The number of fused-ring (bicyclic) bond motifs is 1. The maximum atomic E-state index is 11.9. The van der Waals surface area contributed by atoms with Crippen molar-refractivity contribution in [3.05, 3.63) is 28.7 Å². The molecule has 0 aliphatic rings. The molecule has 0 saturated heterocycles. The van der Waals surface area contributed by atoms with Gasteiger partial charge in [0.1, 0.15) is 0 Å². The van der Waals surface area contributed by atoms with Crippen molar-refractivity contribution < 1.29 is 0 Å². The maximum Gasteiger partial charge on any atom is 0.326 e. The van der Waals surface area contributed by atoms with E-state index in [1.54, 1.807) is 4.57 Å². The molecule has 0 amide bonds. The first-order chi connectivity index (χ1) is 9.65. The summed E-state index contributed by atoms with van der Waals surface area (Å²) in [5, 5.41) is 0. The molecule has 2 rings (SSSR count). The molecule has 3 N–H and O–H groups in total. The number of nitrogen functional groups attached to an aromatic ring is 1. The van der Waals surface area contributed by atoms with Gasteiger partial charge < -0.3 is 15.6 Å². The van der Waals surface area contributed by atoms with Gasteiger partial charge >= 0.3 is 5.69 Å². The van der Waals surface area contributed by atoms with Gasteiger partial charge in [-0.1, -0.05) is 13.8 Å². The van der Waals surface area contributed by atoms with Crippen LogP contribution in [0.5, 0.6) is 0 Å². The Bertz CT molecular complexity index is 610. The van der Waals surface area contributed by atoms with Gasteiger partial charge in [0.05, 0.1) is 11.0 Å². The number of hydrogen-bond donors (Lipinski definition) is 2. The molecule has 1 heterocycles. The van der Waals surface area contributed by atoms with E-state index in [0.717, 1.165) is 50.1 Å². The van der Waals surface area contributed by atoms with E-state index in [1.165, 1.54) is 0 Å². The number of nitrogens with two attached hydrogens (primary N) is 1. The third-order valence-corrected chi connectivity index (χ3v) is 3.80. The van der Waals surface area contributed by atoms with E-state index in [-0.39, 0.29) is 5.69 Å². The SMILES string of the molecule is CCN(CC)CCCCn1c(=O)[nH]c2cc(N)ccc21. The van der Waals surface area contributed by atoms with Crippen LogP contribution in [-0.2, 0) is 6.54 Å². The van der Waals surface area contributed by atoms with Gasteiger partial charge in [-0.05, 0) is 50.7 Å². The van der Waals surface area contributed by atoms with Crippen LogP contribution < -0.4 is 11.4 Å². The van der Waals surface area contributed by atoms with Gasteiger partial charge in [-0.2, -0.15) is 0 Å². The highest BCUT2D eigenvalue weighted by molar-refractivity contribution is 5.78. The number of aromatic amines is 1. The minimum atomic E-state index is -0.0477. The number of aryl methyl sites for hydroxylation is 1. The fourth-order valence-electron chi connectivity index (χ4n) is 2.55. The number of H-pyrrole nitrogens is 1. The van der Waals surface area contributed by atoms with Crippen molar-refractivity contribution >= 4 is 16.7 Å². The summed E-state index contributed by atoms with van der Waals surface area (Å²) in [5.74, 6) is 0. The molecule has 0 bridgehead atoms. The highest BCUT2D eigenvalue weighted by Gasteiger charge is 2.06. The number of nitrogens with zero attached hydrogens (tertiary/aromatic N) is 2. The zero-order valence-corrected chi connectivity index (χ0v) is 12.4. The molecule has 110 valence electrons. The molecule has 0 aliphatic heterocycles. The van der Waals surface area contributed by atoms with Crippen LogP contribution in [-0.4, -0.2) is 34.1 Å². The zero-order valence-electron chi connectivity index (χ0n) is 12.4. The summed E-state index contributed by atoms with van der Waals surface area (Å²) in [6.07, 6.45) is 2.11. The average molecular weight is 276 g/mol. The van der Waals surface area contributed by atoms with E-state index < -0.39 is 0 Å². The highest BCUT2D eigenvalue weighted by atomic mass is 16.1. The number of anilines is 1. The molecule has 0 aliphatic carbocycles. The van der Waals surface area contributed by atoms with Gasteiger partial charge in [-0.3, -0.25) is 4.57 Å². The molecule has 1 aromatic heterocycles. The van der Waals surface area contributed by atoms with Crippen molar-refractivity contribution in [2.24, 2.45) is 0 Å². The molecule has 0 saturated carbocycles. The van der Waals surface area contributed by atoms with Crippen LogP contribution in [0, 0.1) is 0 Å². The van der Waals surface area contributed by atoms with Crippen LogP contribution in [0.4, 0.5) is 5.69 Å². The molecular weight excluding hydrogens is 252 g/mol. The summed E-state index contributed by atoms with van der Waals surface area (Å²) < 4.78 is 1.80. The van der Waals surface area contributed by atoms with E-state index in [0.29, 0.717) is 5.69 Å². The maximum absolute atomic E-state index is 11.9. The summed E-state index contributed by atoms with van der Waals surface area (Å²) in [6.45, 7) is 8.38. The Balaban J connectivity index is 2.00. The molecule has 5 nitrogen and oxygen atoms in total. The average Bonchev–Trinajstić information content (AvgIpc) is 2.74. The van der Waals surface area contributed by atoms with Gasteiger partial charge in [0, 0.05) is 12.2 Å². The second kappa shape index (κ2) is 6.61. The lowest BCUT2D eigenvalue weighted by molar-refractivity contribution is 0.294. The second-order valence-electron chi connectivity index (χ2n) is 5.09. The van der Waals surface area contributed by atoms with Crippen molar-refractivity contribution in [1.29, 1.82) is 0 Å². The smallest absolute Gasteiger partial charge is 0.326 e. The topological polar surface area (TPSA) is 67.0 Å². The number of benzene rings is 1. The third kappa shape index (κ3) is 3.22. The quantitative estimate of drug-likeness (QED) is 0.600. The summed E-state index contributed by atoms with van der Waals surface area (Å²) in [4.78, 5) is 17.2. The first-order valence-corrected chi connectivity index (χ1v) is 7.36. The van der Waals surface area contributed by atoms with Crippen molar-refractivity contribution in [3.8, 4) is 0 Å². The van der Waals surface area contributed by atoms with Crippen molar-refractivity contribution in [2.75, 3.05) is 25.4 Å². The molecule has 0 radical (unpaired) electrons. The number of unbranched alkanes of at least 4 members (excludes halogenated alkanes) is 1. The van der Waals surface area contributed by atoms with Crippen LogP contribution in [0.1, 0.15) is 26.7 Å². The lowest BCUT2D eigenvalue weighted by atomic mass is 10.2. The number of hydrogen-bond acceptors (Lipinski definition) is 3. The van der Waals surface area contributed by atoms with Gasteiger partial charge in [0.25, 0.3) is 0 Å². The van der Waals surface area contributed by atoms with Crippen LogP contribution in [0.25, 0.3) is 11.0 Å². The molecule has 1 aromatic carbocycles. The van der Waals surface area contributed by atoms with Gasteiger partial charge in [0.2, 0.25) is 0 Å². The van der Waals surface area contributed by atoms with Crippen molar-refractivity contribution in [1.82, 2.24) is 14.5 Å². The minimum Gasteiger partial charge on any atom is -0.399 e. The molecule has 0 fully saturated rings. The number of aromatic nitrogens is 2. The van der Waals surface area contributed by atoms with Crippen LogP contribution in [0.15, 0.2) is 23.0 Å². The third-order valence-electron chi connectivity index (χ3n) is 3.80. The Morgan fingerprint density at radius 1 is 1.25 bits per heavy atom. The van der Waals surface area contributed by atoms with E-state index in [4.69, 9.17) is 5.73 Å². The summed E-state index contributed by atoms with van der Waals surface area (Å²) in [6, 6.07) is 5.55. The first-order valence-electron chi connectivity index (χ1n) is 7.36. The summed E-state index contributed by atoms with van der Waals surface area (Å²) in [5.41, 5.74) is 8.11. The highest BCUT2D eigenvalue weighted by Crippen LogP contribution is 2.14. The van der Waals surface area contributed by atoms with Gasteiger partial charge in [0.15, 0.2) is 0 Å². The Kier molecular flexibility index (Phi) is 4.84. The predicted octanol–water partition coefficient (Wildman–Crippen LogP) is 2.03. The normalized spacial score (nSPS) is 11.6.